The number of hydrogen-bond acceptors (Lipinski definition) is 9. The van der Waals surface area contributed by atoms with E-state index in [0.29, 0.717) is 0 Å². The van der Waals surface area contributed by atoms with E-state index in [-0.39, 0.29) is 18.4 Å². The minimum Gasteiger partial charge on any atom is -0.352 e. The largest absolute Gasteiger partial charge is 0.490 e. The Morgan fingerprint density at radius 3 is 2.39 bits per heavy atom. The summed E-state index contributed by atoms with van der Waals surface area (Å²) in [6, 6.07) is 0. The number of nitrogens with zero attached hydrogens (tertiary/aromatic N) is 1. The van der Waals surface area contributed by atoms with Crippen molar-refractivity contribution < 1.29 is 51.2 Å². The molecule has 2 unspecified atom stereocenters. The zero-order valence-electron chi connectivity index (χ0n) is 14.1. The first-order valence-corrected chi connectivity index (χ1v) is 12.0. The zero-order valence-corrected chi connectivity index (χ0v) is 16.8. The van der Waals surface area contributed by atoms with Crippen LogP contribution in [-0.2, 0) is 31.6 Å². The monoisotopic (exact) mass is 466 g/mol. The van der Waals surface area contributed by atoms with Crippen molar-refractivity contribution in [3.8, 4) is 0 Å². The van der Waals surface area contributed by atoms with E-state index >= 15 is 0 Å². The predicted octanol–water partition coefficient (Wildman–Crippen LogP) is -0.134. The molecule has 1 aromatic heterocycles. The van der Waals surface area contributed by atoms with Crippen molar-refractivity contribution in [3.63, 3.8) is 0 Å². The molecule has 1 fully saturated rings. The number of phosphoric acid groups is 3. The molecule has 2 rings (SSSR count). The molecule has 0 radical (unpaired) electrons. The van der Waals surface area contributed by atoms with Gasteiger partial charge in [-0.25, -0.2) is 18.5 Å². The summed E-state index contributed by atoms with van der Waals surface area (Å²) in [6.45, 7) is 0.869. The second-order valence-corrected chi connectivity index (χ2v) is 10.1. The summed E-state index contributed by atoms with van der Waals surface area (Å²) in [5.41, 5.74) is -1.00. The van der Waals surface area contributed by atoms with Gasteiger partial charge in [0.2, 0.25) is 0 Å². The van der Waals surface area contributed by atoms with Gasteiger partial charge in [-0.05, 0) is 19.8 Å². The smallest absolute Gasteiger partial charge is 0.352 e. The highest BCUT2D eigenvalue weighted by Gasteiger charge is 2.41. The van der Waals surface area contributed by atoms with Crippen LogP contribution in [0.25, 0.3) is 0 Å². The van der Waals surface area contributed by atoms with Crippen molar-refractivity contribution in [3.05, 3.63) is 32.6 Å². The molecule has 0 bridgehead atoms. The lowest BCUT2D eigenvalue weighted by molar-refractivity contribution is -0.0244. The van der Waals surface area contributed by atoms with E-state index in [1.54, 1.807) is 0 Å². The molecule has 1 saturated heterocycles. The maximum atomic E-state index is 11.8. The van der Waals surface area contributed by atoms with E-state index in [0.717, 1.165) is 4.57 Å². The van der Waals surface area contributed by atoms with Gasteiger partial charge in [-0.3, -0.25) is 18.9 Å². The number of hydrogen-bond donors (Lipinski definition) is 5. The minimum absolute atomic E-state index is 0.255. The molecule has 4 atom stereocenters. The number of H-pyrrole nitrogens is 1. The average molecular weight is 466 g/mol. The zero-order chi connectivity index (χ0) is 21.3. The van der Waals surface area contributed by atoms with Gasteiger partial charge < -0.3 is 24.3 Å². The molecule has 1 aliphatic rings. The number of rotatable bonds is 8. The SMILES string of the molecule is Cc1cn([C@H]2CC[C@H](COP(=O)(O)OP(=O)(O)OP(=O)(O)O)O2)c(=O)[nH]c1=O. The topological polar surface area (TPSA) is 224 Å². The lowest BCUT2D eigenvalue weighted by Crippen LogP contribution is -2.33. The van der Waals surface area contributed by atoms with Crippen LogP contribution in [0.15, 0.2) is 15.8 Å². The van der Waals surface area contributed by atoms with E-state index in [9.17, 15) is 28.2 Å². The number of aryl methyl sites for hydroxylation is 1. The van der Waals surface area contributed by atoms with E-state index in [4.69, 9.17) is 19.4 Å². The maximum absolute atomic E-state index is 11.8. The molecular weight excluding hydrogens is 449 g/mol. The van der Waals surface area contributed by atoms with E-state index in [1.165, 1.54) is 13.1 Å². The molecule has 15 nitrogen and oxygen atoms in total. The highest BCUT2D eigenvalue weighted by atomic mass is 31.3. The molecule has 0 aromatic carbocycles. The van der Waals surface area contributed by atoms with Gasteiger partial charge in [0.1, 0.15) is 6.23 Å². The fourth-order valence-electron chi connectivity index (χ4n) is 2.29. The maximum Gasteiger partial charge on any atom is 0.490 e. The molecule has 1 aromatic rings. The van der Waals surface area contributed by atoms with E-state index in [2.05, 4.69) is 18.1 Å². The van der Waals surface area contributed by atoms with E-state index < -0.39 is 53.7 Å². The highest BCUT2D eigenvalue weighted by molar-refractivity contribution is 7.66. The fraction of sp³-hybridized carbons (Fsp3) is 0.600. The van der Waals surface area contributed by atoms with Crippen LogP contribution >= 0.6 is 23.5 Å². The Bertz CT molecular complexity index is 980. The Morgan fingerprint density at radius 1 is 1.14 bits per heavy atom. The minimum atomic E-state index is -5.59. The van der Waals surface area contributed by atoms with Gasteiger partial charge in [0.15, 0.2) is 0 Å². The van der Waals surface area contributed by atoms with Gasteiger partial charge in [0, 0.05) is 11.8 Å². The number of aromatic amines is 1. The van der Waals surface area contributed by atoms with Crippen molar-refractivity contribution in [2.45, 2.75) is 32.1 Å². The molecule has 0 amide bonds. The number of nitrogens with one attached hydrogen (secondary N) is 1. The van der Waals surface area contributed by atoms with Crippen molar-refractivity contribution in [1.82, 2.24) is 9.55 Å². The second kappa shape index (κ2) is 8.42. The third-order valence-corrected chi connectivity index (χ3v) is 7.18. The second-order valence-electron chi connectivity index (χ2n) is 5.66. The first-order valence-electron chi connectivity index (χ1n) is 7.43. The summed E-state index contributed by atoms with van der Waals surface area (Å²) >= 11 is 0. The van der Waals surface area contributed by atoms with Crippen LogP contribution in [0.4, 0.5) is 0 Å². The molecule has 0 saturated carbocycles. The Kier molecular flexibility index (Phi) is 7.02. The fourth-order valence-corrected chi connectivity index (χ4v) is 5.34. The summed E-state index contributed by atoms with van der Waals surface area (Å²) in [6.07, 6.45) is 0.212. The van der Waals surface area contributed by atoms with Crippen LogP contribution in [0, 0.1) is 6.92 Å². The van der Waals surface area contributed by atoms with Crippen LogP contribution in [0.2, 0.25) is 0 Å². The van der Waals surface area contributed by atoms with Crippen molar-refractivity contribution in [2.24, 2.45) is 0 Å². The van der Waals surface area contributed by atoms with Gasteiger partial charge in [0.05, 0.1) is 12.7 Å². The van der Waals surface area contributed by atoms with Gasteiger partial charge in [0.25, 0.3) is 5.56 Å². The lowest BCUT2D eigenvalue weighted by Gasteiger charge is -2.19. The summed E-state index contributed by atoms with van der Waals surface area (Å²) in [4.78, 5) is 60.6. The Morgan fingerprint density at radius 2 is 1.79 bits per heavy atom. The summed E-state index contributed by atoms with van der Waals surface area (Å²) in [5, 5.41) is 0. The quantitative estimate of drug-likeness (QED) is 0.315. The van der Waals surface area contributed by atoms with Crippen molar-refractivity contribution in [2.75, 3.05) is 6.61 Å². The molecule has 28 heavy (non-hydrogen) atoms. The van der Waals surface area contributed by atoms with Crippen LogP contribution in [0.3, 0.4) is 0 Å². The standard InChI is InChI=1S/C10H17N2O13P3/c1-6-4-12(10(14)11-9(6)13)8-3-2-7(23-8)5-22-27(18,19)25-28(20,21)24-26(15,16)17/h4,7-8H,2-3,5H2,1H3,(H,18,19)(H,20,21)(H,11,13,14)(H2,15,16,17)/t7-,8-/m1/s1. The van der Waals surface area contributed by atoms with Gasteiger partial charge in [-0.15, -0.1) is 0 Å². The van der Waals surface area contributed by atoms with E-state index in [1.807, 2.05) is 0 Å². The first-order chi connectivity index (χ1) is 12.7. The first kappa shape index (κ1) is 23.3. The molecular formula is C10H17N2O13P3. The summed E-state index contributed by atoms with van der Waals surface area (Å²) in [7, 11) is -16.3. The van der Waals surface area contributed by atoms with Crippen LogP contribution in [0.5, 0.6) is 0 Å². The van der Waals surface area contributed by atoms with Crippen LogP contribution in [0.1, 0.15) is 24.6 Å². The van der Waals surface area contributed by atoms with Crippen LogP contribution in [-0.4, -0.2) is 41.8 Å². The van der Waals surface area contributed by atoms with Gasteiger partial charge in [-0.1, -0.05) is 0 Å². The molecule has 18 heteroatoms. The highest BCUT2D eigenvalue weighted by Crippen LogP contribution is 2.66. The normalized spacial score (nSPS) is 24.6. The molecule has 1 aliphatic heterocycles. The number of aromatic nitrogens is 2. The lowest BCUT2D eigenvalue weighted by atomic mass is 10.2. The Balaban J connectivity index is 1.95. The van der Waals surface area contributed by atoms with Crippen molar-refractivity contribution >= 4 is 23.5 Å². The number of phosphoric ester groups is 1. The molecule has 2 heterocycles. The molecule has 160 valence electrons. The van der Waals surface area contributed by atoms with Gasteiger partial charge in [-0.2, -0.15) is 8.62 Å². The summed E-state index contributed by atoms with van der Waals surface area (Å²) in [5.74, 6) is 0. The third kappa shape index (κ3) is 6.83. The average Bonchev–Trinajstić information content (AvgIpc) is 2.94. The predicted molar refractivity (Wildman–Crippen MR) is 89.0 cm³/mol. The Hall–Kier alpha value is -0.950. The number of ether oxygens (including phenoxy) is 1. The third-order valence-electron chi connectivity index (χ3n) is 3.38. The molecule has 5 N–H and O–H groups in total. The van der Waals surface area contributed by atoms with Gasteiger partial charge >= 0.3 is 29.2 Å². The van der Waals surface area contributed by atoms with Crippen molar-refractivity contribution in [1.29, 1.82) is 0 Å². The molecule has 0 spiro atoms. The van der Waals surface area contributed by atoms with Crippen LogP contribution < -0.4 is 11.2 Å². The molecule has 0 aliphatic carbocycles. The Labute approximate surface area is 156 Å². The summed E-state index contributed by atoms with van der Waals surface area (Å²) < 4.78 is 51.7.